The molecule has 1 rings (SSSR count). The van der Waals surface area contributed by atoms with Gasteiger partial charge in [0.25, 0.3) is 5.91 Å². The maximum absolute atomic E-state index is 12.9. The van der Waals surface area contributed by atoms with Crippen molar-refractivity contribution >= 4 is 29.9 Å². The minimum Gasteiger partial charge on any atom is -0.350 e. The van der Waals surface area contributed by atoms with Gasteiger partial charge in [-0.25, -0.2) is 0 Å². The molecule has 0 aliphatic carbocycles. The SMILES string of the molecule is CCN[C@H](C)CNC(=O)c1cc(NC(C)=O)cc(C(F)(F)F)c1.Cl. The topological polar surface area (TPSA) is 70.2 Å². The van der Waals surface area contributed by atoms with E-state index in [2.05, 4.69) is 16.0 Å². The summed E-state index contributed by atoms with van der Waals surface area (Å²) in [6.07, 6.45) is -4.61. The second-order valence-corrected chi connectivity index (χ2v) is 5.15. The zero-order valence-corrected chi connectivity index (χ0v) is 14.4. The number of hydrogen-bond acceptors (Lipinski definition) is 3. The molecule has 1 aromatic rings. The summed E-state index contributed by atoms with van der Waals surface area (Å²) in [4.78, 5) is 23.1. The van der Waals surface area contributed by atoms with Crippen molar-refractivity contribution in [2.75, 3.05) is 18.4 Å². The molecule has 0 heterocycles. The summed E-state index contributed by atoms with van der Waals surface area (Å²) < 4.78 is 38.7. The van der Waals surface area contributed by atoms with E-state index < -0.39 is 23.6 Å². The van der Waals surface area contributed by atoms with Crippen molar-refractivity contribution in [1.29, 1.82) is 0 Å². The van der Waals surface area contributed by atoms with Gasteiger partial charge in [-0.1, -0.05) is 6.92 Å². The monoisotopic (exact) mass is 367 g/mol. The second-order valence-electron chi connectivity index (χ2n) is 5.15. The van der Waals surface area contributed by atoms with Crippen molar-refractivity contribution in [3.63, 3.8) is 0 Å². The molecular weight excluding hydrogens is 347 g/mol. The lowest BCUT2D eigenvalue weighted by Crippen LogP contribution is -2.38. The normalized spacial score (nSPS) is 12.1. The molecule has 136 valence electrons. The van der Waals surface area contributed by atoms with Crippen LogP contribution in [0.1, 0.15) is 36.7 Å². The van der Waals surface area contributed by atoms with E-state index in [0.717, 1.165) is 12.1 Å². The van der Waals surface area contributed by atoms with E-state index >= 15 is 0 Å². The molecule has 3 N–H and O–H groups in total. The summed E-state index contributed by atoms with van der Waals surface area (Å²) >= 11 is 0. The van der Waals surface area contributed by atoms with Gasteiger partial charge >= 0.3 is 6.18 Å². The summed E-state index contributed by atoms with van der Waals surface area (Å²) in [6.45, 7) is 5.92. The summed E-state index contributed by atoms with van der Waals surface area (Å²) in [5, 5.41) is 7.90. The highest BCUT2D eigenvalue weighted by atomic mass is 35.5. The van der Waals surface area contributed by atoms with Crippen molar-refractivity contribution in [3.8, 4) is 0 Å². The lowest BCUT2D eigenvalue weighted by molar-refractivity contribution is -0.137. The van der Waals surface area contributed by atoms with Gasteiger partial charge in [0, 0.05) is 30.8 Å². The van der Waals surface area contributed by atoms with Crippen molar-refractivity contribution < 1.29 is 22.8 Å². The molecule has 0 spiro atoms. The molecule has 24 heavy (non-hydrogen) atoms. The first-order chi connectivity index (χ1) is 10.6. The fourth-order valence-electron chi connectivity index (χ4n) is 1.97. The minimum atomic E-state index is -4.61. The number of benzene rings is 1. The molecule has 0 aliphatic heterocycles. The Hall–Kier alpha value is -1.80. The Morgan fingerprint density at radius 1 is 1.21 bits per heavy atom. The molecule has 0 aliphatic rings. The molecular formula is C15H21ClF3N3O2. The van der Waals surface area contributed by atoms with Gasteiger partial charge in [0.1, 0.15) is 0 Å². The summed E-state index contributed by atoms with van der Waals surface area (Å²) in [6, 6.07) is 2.76. The zero-order chi connectivity index (χ0) is 17.6. The van der Waals surface area contributed by atoms with Crippen LogP contribution in [0.15, 0.2) is 18.2 Å². The predicted octanol–water partition coefficient (Wildman–Crippen LogP) is 2.81. The maximum Gasteiger partial charge on any atom is 0.416 e. The number of anilines is 1. The first-order valence-electron chi connectivity index (χ1n) is 7.15. The van der Waals surface area contributed by atoms with E-state index in [1.807, 2.05) is 13.8 Å². The molecule has 2 amide bonds. The third kappa shape index (κ3) is 7.18. The summed E-state index contributed by atoms with van der Waals surface area (Å²) in [7, 11) is 0. The fourth-order valence-corrected chi connectivity index (χ4v) is 1.97. The van der Waals surface area contributed by atoms with Crippen LogP contribution in [0, 0.1) is 0 Å². The molecule has 9 heteroatoms. The van der Waals surface area contributed by atoms with E-state index in [1.165, 1.54) is 13.0 Å². The van der Waals surface area contributed by atoms with E-state index in [-0.39, 0.29) is 36.2 Å². The Kier molecular flexibility index (Phi) is 8.77. The van der Waals surface area contributed by atoms with Gasteiger partial charge in [-0.05, 0) is 31.7 Å². The smallest absolute Gasteiger partial charge is 0.350 e. The van der Waals surface area contributed by atoms with Gasteiger partial charge in [-0.2, -0.15) is 13.2 Å². The van der Waals surface area contributed by atoms with E-state index in [1.54, 1.807) is 0 Å². The first-order valence-corrected chi connectivity index (χ1v) is 7.15. The maximum atomic E-state index is 12.9. The van der Waals surface area contributed by atoms with Crippen LogP contribution in [0.5, 0.6) is 0 Å². The van der Waals surface area contributed by atoms with Crippen LogP contribution in [-0.2, 0) is 11.0 Å². The van der Waals surface area contributed by atoms with Gasteiger partial charge in [0.15, 0.2) is 0 Å². The van der Waals surface area contributed by atoms with E-state index in [9.17, 15) is 22.8 Å². The number of carbonyl (C=O) groups excluding carboxylic acids is 2. The largest absolute Gasteiger partial charge is 0.416 e. The number of amides is 2. The van der Waals surface area contributed by atoms with Gasteiger partial charge in [0.05, 0.1) is 5.56 Å². The number of likely N-dealkylation sites (N-methyl/N-ethyl adjacent to an activating group) is 1. The molecule has 0 fully saturated rings. The number of halogens is 4. The molecule has 0 aromatic heterocycles. The van der Waals surface area contributed by atoms with Crippen molar-refractivity contribution in [1.82, 2.24) is 10.6 Å². The zero-order valence-electron chi connectivity index (χ0n) is 13.6. The lowest BCUT2D eigenvalue weighted by Gasteiger charge is -2.15. The summed E-state index contributed by atoms with van der Waals surface area (Å²) in [5.74, 6) is -1.15. The van der Waals surface area contributed by atoms with Crippen LogP contribution in [-0.4, -0.2) is 30.9 Å². The van der Waals surface area contributed by atoms with E-state index in [4.69, 9.17) is 0 Å². The quantitative estimate of drug-likeness (QED) is 0.724. The van der Waals surface area contributed by atoms with Crippen LogP contribution in [0.2, 0.25) is 0 Å². The number of hydrogen-bond donors (Lipinski definition) is 3. The first kappa shape index (κ1) is 22.2. The molecule has 1 aromatic carbocycles. The average molecular weight is 368 g/mol. The van der Waals surface area contributed by atoms with Gasteiger partial charge in [-0.3, -0.25) is 9.59 Å². The van der Waals surface area contributed by atoms with Crippen molar-refractivity contribution in [3.05, 3.63) is 29.3 Å². The Labute approximate surface area is 144 Å². The van der Waals surface area contributed by atoms with Crippen LogP contribution in [0.25, 0.3) is 0 Å². The highest BCUT2D eigenvalue weighted by Crippen LogP contribution is 2.32. The van der Waals surface area contributed by atoms with Crippen LogP contribution >= 0.6 is 12.4 Å². The third-order valence-corrected chi connectivity index (χ3v) is 2.96. The minimum absolute atomic E-state index is 0. The molecule has 0 unspecified atom stereocenters. The van der Waals surface area contributed by atoms with Crippen molar-refractivity contribution in [2.45, 2.75) is 33.0 Å². The molecule has 5 nitrogen and oxygen atoms in total. The Morgan fingerprint density at radius 2 is 1.83 bits per heavy atom. The Balaban J connectivity index is 0.00000529. The highest BCUT2D eigenvalue weighted by molar-refractivity contribution is 5.97. The predicted molar refractivity (Wildman–Crippen MR) is 88.5 cm³/mol. The van der Waals surface area contributed by atoms with Crippen LogP contribution < -0.4 is 16.0 Å². The Morgan fingerprint density at radius 3 is 2.33 bits per heavy atom. The van der Waals surface area contributed by atoms with Crippen LogP contribution in [0.4, 0.5) is 18.9 Å². The number of rotatable bonds is 6. The highest BCUT2D eigenvalue weighted by Gasteiger charge is 2.32. The van der Waals surface area contributed by atoms with Gasteiger partial charge in [0.2, 0.25) is 5.91 Å². The standard InChI is InChI=1S/C15H20F3N3O2.ClH/c1-4-19-9(2)8-20-14(23)11-5-12(15(16,17)18)7-13(6-11)21-10(3)22;/h5-7,9,19H,4,8H2,1-3H3,(H,20,23)(H,21,22);1H/t9-;/m1./s1. The van der Waals surface area contributed by atoms with E-state index in [0.29, 0.717) is 6.54 Å². The number of carbonyl (C=O) groups is 2. The molecule has 0 saturated heterocycles. The molecule has 0 bridgehead atoms. The fraction of sp³-hybridized carbons (Fsp3) is 0.467. The van der Waals surface area contributed by atoms with Gasteiger partial charge in [-0.15, -0.1) is 12.4 Å². The molecule has 0 radical (unpaired) electrons. The average Bonchev–Trinajstić information content (AvgIpc) is 2.43. The number of alkyl halides is 3. The number of nitrogens with one attached hydrogen (secondary N) is 3. The van der Waals surface area contributed by atoms with Crippen molar-refractivity contribution in [2.24, 2.45) is 0 Å². The van der Waals surface area contributed by atoms with Crippen LogP contribution in [0.3, 0.4) is 0 Å². The summed E-state index contributed by atoms with van der Waals surface area (Å²) in [5.41, 5.74) is -1.22. The third-order valence-electron chi connectivity index (χ3n) is 2.96. The molecule has 1 atom stereocenters. The molecule has 0 saturated carbocycles. The lowest BCUT2D eigenvalue weighted by atomic mass is 10.1. The van der Waals surface area contributed by atoms with Gasteiger partial charge < -0.3 is 16.0 Å². The second kappa shape index (κ2) is 9.48. The Bertz CT molecular complexity index is 580.